The summed E-state index contributed by atoms with van der Waals surface area (Å²) in [5.74, 6) is 0. The number of nitrogens with zero attached hydrogens (tertiary/aromatic N) is 2. The monoisotopic (exact) mass is 676 g/mol. The zero-order chi connectivity index (χ0) is 35.3. The van der Waals surface area contributed by atoms with E-state index in [-0.39, 0.29) is 0 Å². The Bertz CT molecular complexity index is 2660. The van der Waals surface area contributed by atoms with Gasteiger partial charge in [0.15, 0.2) is 0 Å². The number of fused-ring (bicyclic) bond motifs is 6. The normalized spacial score (nSPS) is 12.1. The summed E-state index contributed by atoms with van der Waals surface area (Å²) in [6, 6.07) is 70.3. The first-order valence-electron chi connectivity index (χ1n) is 18.3. The third-order valence-electron chi connectivity index (χ3n) is 10.7. The molecule has 1 aromatic heterocycles. The van der Waals surface area contributed by atoms with E-state index in [1.807, 2.05) is 0 Å². The summed E-state index contributed by atoms with van der Waals surface area (Å²) in [5.41, 5.74) is 17.6. The molecular formula is C51H36N2. The SMILES string of the molecule is C=C1Cc2ccccc2-c2cc(-n3c4ccccc4c4ccccc43)cc(N(c3ccc(-c4ccccc4)cc3)c3ccc(-c4ccccc4)cc3)c21. The third-order valence-corrected chi connectivity index (χ3v) is 10.7. The number of benzene rings is 8. The Morgan fingerprint density at radius 1 is 0.434 bits per heavy atom. The second kappa shape index (κ2) is 12.7. The second-order valence-electron chi connectivity index (χ2n) is 13.9. The molecule has 0 fully saturated rings. The quantitative estimate of drug-likeness (QED) is 0.170. The van der Waals surface area contributed by atoms with Gasteiger partial charge in [-0.1, -0.05) is 152 Å². The van der Waals surface area contributed by atoms with E-state index in [0.29, 0.717) is 0 Å². The summed E-state index contributed by atoms with van der Waals surface area (Å²) in [5, 5.41) is 2.49. The smallest absolute Gasteiger partial charge is 0.0563 e. The van der Waals surface area contributed by atoms with Crippen LogP contribution in [0.3, 0.4) is 0 Å². The van der Waals surface area contributed by atoms with E-state index in [9.17, 15) is 0 Å². The van der Waals surface area contributed by atoms with Crippen molar-refractivity contribution in [3.8, 4) is 39.1 Å². The molecular weight excluding hydrogens is 641 g/mol. The van der Waals surface area contributed by atoms with Crippen molar-refractivity contribution in [2.75, 3.05) is 4.90 Å². The molecule has 0 saturated carbocycles. The fourth-order valence-corrected chi connectivity index (χ4v) is 8.25. The predicted molar refractivity (Wildman–Crippen MR) is 225 cm³/mol. The summed E-state index contributed by atoms with van der Waals surface area (Å²) < 4.78 is 2.43. The van der Waals surface area contributed by atoms with Gasteiger partial charge in [0.25, 0.3) is 0 Å². The Morgan fingerprint density at radius 3 is 1.47 bits per heavy atom. The minimum atomic E-state index is 0.804. The molecule has 0 unspecified atom stereocenters. The Hall–Kier alpha value is -6.90. The van der Waals surface area contributed by atoms with Crippen LogP contribution >= 0.6 is 0 Å². The summed E-state index contributed by atoms with van der Waals surface area (Å²) in [6.07, 6.45) is 0.804. The van der Waals surface area contributed by atoms with Crippen LogP contribution in [0.15, 0.2) is 201 Å². The van der Waals surface area contributed by atoms with Crippen molar-refractivity contribution < 1.29 is 0 Å². The van der Waals surface area contributed by atoms with E-state index in [0.717, 1.165) is 34.7 Å². The molecule has 0 bridgehead atoms. The van der Waals surface area contributed by atoms with E-state index >= 15 is 0 Å². The van der Waals surface area contributed by atoms with E-state index < -0.39 is 0 Å². The molecule has 2 nitrogen and oxygen atoms in total. The molecule has 8 aromatic carbocycles. The molecule has 0 amide bonds. The maximum atomic E-state index is 4.75. The molecule has 1 aliphatic carbocycles. The van der Waals surface area contributed by atoms with Gasteiger partial charge in [0.05, 0.1) is 16.7 Å². The number of hydrogen-bond donors (Lipinski definition) is 0. The van der Waals surface area contributed by atoms with Crippen molar-refractivity contribution in [3.05, 3.63) is 212 Å². The molecule has 1 aliphatic rings. The van der Waals surface area contributed by atoms with E-state index in [2.05, 4.69) is 204 Å². The Balaban J connectivity index is 1.25. The van der Waals surface area contributed by atoms with Crippen LogP contribution in [0.5, 0.6) is 0 Å². The highest BCUT2D eigenvalue weighted by Gasteiger charge is 2.28. The average Bonchev–Trinajstić information content (AvgIpc) is 3.56. The lowest BCUT2D eigenvalue weighted by Gasteiger charge is -2.33. The standard InChI is InChI=1S/C51H36N2/c1-35-32-40-18-8-9-19-44(40)47-33-43(53-48-22-12-10-20-45(48)46-21-11-13-23-49(46)53)34-50(51(35)47)52(41-28-24-38(25-29-41)36-14-4-2-5-15-36)42-30-26-39(27-31-42)37-16-6-3-7-17-37/h2-31,33-34H,1,32H2. The van der Waals surface area contributed by atoms with Crippen LogP contribution in [0.2, 0.25) is 0 Å². The van der Waals surface area contributed by atoms with Crippen molar-refractivity contribution in [1.82, 2.24) is 4.57 Å². The Labute approximate surface area is 310 Å². The molecule has 2 heteroatoms. The lowest BCUT2D eigenvalue weighted by molar-refractivity contribution is 1.15. The van der Waals surface area contributed by atoms with E-state index in [4.69, 9.17) is 6.58 Å². The highest BCUT2D eigenvalue weighted by atomic mass is 15.1. The Kier molecular flexibility index (Phi) is 7.40. The fourth-order valence-electron chi connectivity index (χ4n) is 8.25. The summed E-state index contributed by atoms with van der Waals surface area (Å²) >= 11 is 0. The second-order valence-corrected chi connectivity index (χ2v) is 13.9. The maximum absolute atomic E-state index is 4.75. The van der Waals surface area contributed by atoms with Crippen molar-refractivity contribution in [2.45, 2.75) is 6.42 Å². The number of allylic oxidation sites excluding steroid dienone is 1. The van der Waals surface area contributed by atoms with Gasteiger partial charge in [-0.2, -0.15) is 0 Å². The molecule has 250 valence electrons. The third kappa shape index (κ3) is 5.27. The van der Waals surface area contributed by atoms with Crippen LogP contribution in [0.1, 0.15) is 11.1 Å². The van der Waals surface area contributed by atoms with Gasteiger partial charge in [0, 0.05) is 33.4 Å². The lowest BCUT2D eigenvalue weighted by Crippen LogP contribution is -2.15. The predicted octanol–water partition coefficient (Wildman–Crippen LogP) is 13.8. The first-order chi connectivity index (χ1) is 26.2. The van der Waals surface area contributed by atoms with Crippen molar-refractivity contribution in [3.63, 3.8) is 0 Å². The molecule has 1 heterocycles. The van der Waals surface area contributed by atoms with Crippen LogP contribution in [0.25, 0.3) is 66.4 Å². The minimum Gasteiger partial charge on any atom is -0.310 e. The molecule has 10 rings (SSSR count). The van der Waals surface area contributed by atoms with Crippen LogP contribution in [0.4, 0.5) is 17.1 Å². The topological polar surface area (TPSA) is 8.17 Å². The first-order valence-corrected chi connectivity index (χ1v) is 18.3. The molecule has 53 heavy (non-hydrogen) atoms. The number of rotatable bonds is 6. The maximum Gasteiger partial charge on any atom is 0.0563 e. The zero-order valence-corrected chi connectivity index (χ0v) is 29.3. The number of aromatic nitrogens is 1. The first kappa shape index (κ1) is 30.9. The molecule has 0 atom stereocenters. The average molecular weight is 677 g/mol. The van der Waals surface area contributed by atoms with Crippen LogP contribution < -0.4 is 4.90 Å². The van der Waals surface area contributed by atoms with E-state index in [1.165, 1.54) is 66.3 Å². The van der Waals surface area contributed by atoms with Gasteiger partial charge in [-0.25, -0.2) is 0 Å². The minimum absolute atomic E-state index is 0.804. The number of hydrogen-bond acceptors (Lipinski definition) is 1. The zero-order valence-electron chi connectivity index (χ0n) is 29.3. The molecule has 9 aromatic rings. The van der Waals surface area contributed by atoms with Gasteiger partial charge >= 0.3 is 0 Å². The van der Waals surface area contributed by atoms with Crippen molar-refractivity contribution in [1.29, 1.82) is 0 Å². The van der Waals surface area contributed by atoms with Gasteiger partial charge in [0.2, 0.25) is 0 Å². The van der Waals surface area contributed by atoms with Gasteiger partial charge in [-0.05, 0) is 99.5 Å². The molecule has 0 radical (unpaired) electrons. The van der Waals surface area contributed by atoms with Gasteiger partial charge in [0.1, 0.15) is 0 Å². The number of anilines is 3. The highest BCUT2D eigenvalue weighted by Crippen LogP contribution is 2.49. The van der Waals surface area contributed by atoms with Crippen molar-refractivity contribution in [2.24, 2.45) is 0 Å². The number of para-hydroxylation sites is 2. The lowest BCUT2D eigenvalue weighted by atomic mass is 9.81. The van der Waals surface area contributed by atoms with Crippen LogP contribution in [-0.4, -0.2) is 4.57 Å². The van der Waals surface area contributed by atoms with Crippen molar-refractivity contribution >= 4 is 44.4 Å². The van der Waals surface area contributed by atoms with E-state index in [1.54, 1.807) is 0 Å². The van der Waals surface area contributed by atoms with Crippen LogP contribution in [0, 0.1) is 0 Å². The molecule has 0 aliphatic heterocycles. The van der Waals surface area contributed by atoms with Gasteiger partial charge in [-0.15, -0.1) is 0 Å². The summed E-state index contributed by atoms with van der Waals surface area (Å²) in [7, 11) is 0. The largest absolute Gasteiger partial charge is 0.310 e. The summed E-state index contributed by atoms with van der Waals surface area (Å²) in [6.45, 7) is 4.75. The van der Waals surface area contributed by atoms with Gasteiger partial charge < -0.3 is 9.47 Å². The molecule has 0 N–H and O–H groups in total. The molecule has 0 spiro atoms. The Morgan fingerprint density at radius 2 is 0.906 bits per heavy atom. The van der Waals surface area contributed by atoms with Gasteiger partial charge in [-0.3, -0.25) is 0 Å². The molecule has 0 saturated heterocycles. The van der Waals surface area contributed by atoms with Crippen LogP contribution in [-0.2, 0) is 6.42 Å². The fraction of sp³-hybridized carbons (Fsp3) is 0.0196. The highest BCUT2D eigenvalue weighted by molar-refractivity contribution is 6.10. The summed E-state index contributed by atoms with van der Waals surface area (Å²) in [4.78, 5) is 2.43.